The molecule has 2 nitrogen and oxygen atoms in total. The topological polar surface area (TPSA) is 16.1 Å². The molecule has 3 heterocycles. The van der Waals surface area contributed by atoms with Gasteiger partial charge in [-0.15, -0.1) is 0 Å². The Labute approximate surface area is 106 Å². The normalized spacial score (nSPS) is 16.4. The molecule has 0 N–H and O–H groups in total. The summed E-state index contributed by atoms with van der Waals surface area (Å²) in [5.74, 6) is 0. The number of fused-ring (bicyclic) bond motifs is 4. The van der Waals surface area contributed by atoms with Gasteiger partial charge < -0.3 is 4.90 Å². The molecule has 0 saturated carbocycles. The van der Waals surface area contributed by atoms with Gasteiger partial charge >= 0.3 is 0 Å². The van der Waals surface area contributed by atoms with E-state index < -0.39 is 0 Å². The molecule has 0 saturated heterocycles. The summed E-state index contributed by atoms with van der Waals surface area (Å²) in [7, 11) is 0. The van der Waals surface area contributed by atoms with Crippen LogP contribution in [-0.4, -0.2) is 16.4 Å². The maximum Gasteiger partial charge on any atom is 0.0745 e. The molecule has 2 heteroatoms. The first-order valence-corrected chi connectivity index (χ1v) is 6.14. The Balaban J connectivity index is 2.02. The first kappa shape index (κ1) is 9.66. The van der Waals surface area contributed by atoms with Crippen molar-refractivity contribution in [3.8, 4) is 0 Å². The van der Waals surface area contributed by atoms with Crippen LogP contribution in [0.3, 0.4) is 0 Å². The zero-order valence-corrected chi connectivity index (χ0v) is 9.88. The summed E-state index contributed by atoms with van der Waals surface area (Å²) in [6.45, 7) is 0.939. The first-order chi connectivity index (χ1) is 8.92. The summed E-state index contributed by atoms with van der Waals surface area (Å²) < 4.78 is 0. The average molecular weight is 232 g/mol. The van der Waals surface area contributed by atoms with E-state index in [9.17, 15) is 0 Å². The molecule has 2 aromatic rings. The van der Waals surface area contributed by atoms with Crippen LogP contribution in [-0.2, 0) is 0 Å². The minimum Gasteiger partial charge on any atom is -0.344 e. The molecule has 0 unspecified atom stereocenters. The van der Waals surface area contributed by atoms with Crippen molar-refractivity contribution in [3.63, 3.8) is 0 Å². The third-order valence-electron chi connectivity index (χ3n) is 3.44. The Bertz CT molecular complexity index is 723. The Hall–Kier alpha value is -2.35. The highest BCUT2D eigenvalue weighted by Crippen LogP contribution is 2.31. The van der Waals surface area contributed by atoms with E-state index in [1.165, 1.54) is 16.6 Å². The van der Waals surface area contributed by atoms with Crippen molar-refractivity contribution in [1.82, 2.24) is 9.88 Å². The summed E-state index contributed by atoms with van der Waals surface area (Å²) >= 11 is 0. The van der Waals surface area contributed by atoms with Gasteiger partial charge in [-0.25, -0.2) is 4.98 Å². The van der Waals surface area contributed by atoms with Crippen molar-refractivity contribution in [2.24, 2.45) is 0 Å². The SMILES string of the molecule is C1=CCN2C=Cc3nc4ccccc4cc3C2=C1. The zero-order chi connectivity index (χ0) is 11.9. The number of aromatic nitrogens is 1. The van der Waals surface area contributed by atoms with Crippen molar-refractivity contribution in [1.29, 1.82) is 0 Å². The van der Waals surface area contributed by atoms with Crippen LogP contribution >= 0.6 is 0 Å². The van der Waals surface area contributed by atoms with Gasteiger partial charge in [0.15, 0.2) is 0 Å². The second kappa shape index (κ2) is 3.57. The lowest BCUT2D eigenvalue weighted by Crippen LogP contribution is -2.21. The molecule has 0 spiro atoms. The molecule has 1 aromatic carbocycles. The van der Waals surface area contributed by atoms with E-state index >= 15 is 0 Å². The Morgan fingerprint density at radius 2 is 2.11 bits per heavy atom. The fourth-order valence-electron chi connectivity index (χ4n) is 2.54. The van der Waals surface area contributed by atoms with Crippen molar-refractivity contribution in [3.05, 3.63) is 66.0 Å². The highest BCUT2D eigenvalue weighted by molar-refractivity contribution is 5.87. The van der Waals surface area contributed by atoms with Gasteiger partial charge in [-0.05, 0) is 24.3 Å². The van der Waals surface area contributed by atoms with Gasteiger partial charge in [-0.2, -0.15) is 0 Å². The lowest BCUT2D eigenvalue weighted by atomic mass is 10.0. The van der Waals surface area contributed by atoms with E-state index in [0.717, 1.165) is 17.8 Å². The van der Waals surface area contributed by atoms with Gasteiger partial charge in [0.1, 0.15) is 0 Å². The maximum absolute atomic E-state index is 4.73. The van der Waals surface area contributed by atoms with Crippen LogP contribution in [0.4, 0.5) is 0 Å². The quantitative estimate of drug-likeness (QED) is 0.691. The van der Waals surface area contributed by atoms with Crippen LogP contribution in [0.25, 0.3) is 22.7 Å². The number of nitrogens with zero attached hydrogens (tertiary/aromatic N) is 2. The molecule has 0 aliphatic carbocycles. The Morgan fingerprint density at radius 3 is 3.11 bits per heavy atom. The number of benzene rings is 1. The zero-order valence-electron chi connectivity index (χ0n) is 9.88. The van der Waals surface area contributed by atoms with E-state index in [-0.39, 0.29) is 0 Å². The Morgan fingerprint density at radius 1 is 1.17 bits per heavy atom. The van der Waals surface area contributed by atoms with Crippen molar-refractivity contribution in [2.45, 2.75) is 0 Å². The third kappa shape index (κ3) is 1.32. The summed E-state index contributed by atoms with van der Waals surface area (Å²) in [6.07, 6.45) is 10.6. The van der Waals surface area contributed by atoms with Crippen molar-refractivity contribution < 1.29 is 0 Å². The van der Waals surface area contributed by atoms with Crippen LogP contribution in [0.5, 0.6) is 0 Å². The number of hydrogen-bond donors (Lipinski definition) is 0. The van der Waals surface area contributed by atoms with Gasteiger partial charge in [0, 0.05) is 23.7 Å². The molecule has 2 aliphatic heterocycles. The fourth-order valence-corrected chi connectivity index (χ4v) is 2.54. The highest BCUT2D eigenvalue weighted by atomic mass is 15.1. The summed E-state index contributed by atoms with van der Waals surface area (Å²) in [4.78, 5) is 6.98. The van der Waals surface area contributed by atoms with E-state index in [0.29, 0.717) is 0 Å². The lowest BCUT2D eigenvalue weighted by molar-refractivity contribution is 0.586. The molecule has 0 fully saturated rings. The standard InChI is InChI=1S/C16H12N2/c1-2-6-14-12(5-1)11-13-15(17-14)8-10-18-9-4-3-7-16(13)18/h1-8,10-11H,9H2. The second-order valence-electron chi connectivity index (χ2n) is 4.56. The molecule has 4 rings (SSSR count). The summed E-state index contributed by atoms with van der Waals surface area (Å²) in [5.41, 5.74) is 4.58. The van der Waals surface area contributed by atoms with Crippen LogP contribution < -0.4 is 0 Å². The van der Waals surface area contributed by atoms with Gasteiger partial charge in [0.05, 0.1) is 16.9 Å². The molecule has 18 heavy (non-hydrogen) atoms. The van der Waals surface area contributed by atoms with Gasteiger partial charge in [-0.1, -0.05) is 30.4 Å². The molecule has 1 aromatic heterocycles. The summed E-state index contributed by atoms with van der Waals surface area (Å²) in [5, 5.41) is 1.20. The third-order valence-corrected chi connectivity index (χ3v) is 3.44. The van der Waals surface area contributed by atoms with Crippen LogP contribution in [0.15, 0.2) is 54.8 Å². The summed E-state index contributed by atoms with van der Waals surface area (Å²) in [6, 6.07) is 10.5. The number of rotatable bonds is 0. The molecular weight excluding hydrogens is 220 g/mol. The molecular formula is C16H12N2. The maximum atomic E-state index is 4.73. The first-order valence-electron chi connectivity index (χ1n) is 6.14. The van der Waals surface area contributed by atoms with E-state index in [1.807, 2.05) is 6.07 Å². The van der Waals surface area contributed by atoms with Crippen molar-refractivity contribution >= 4 is 22.7 Å². The van der Waals surface area contributed by atoms with Crippen molar-refractivity contribution in [2.75, 3.05) is 6.54 Å². The van der Waals surface area contributed by atoms with Crippen LogP contribution in [0.1, 0.15) is 11.3 Å². The lowest BCUT2D eigenvalue weighted by Gasteiger charge is -2.29. The van der Waals surface area contributed by atoms with E-state index in [1.54, 1.807) is 0 Å². The van der Waals surface area contributed by atoms with E-state index in [2.05, 4.69) is 59.7 Å². The van der Waals surface area contributed by atoms with Crippen LogP contribution in [0.2, 0.25) is 0 Å². The van der Waals surface area contributed by atoms with Gasteiger partial charge in [0.25, 0.3) is 0 Å². The predicted molar refractivity (Wildman–Crippen MR) is 74.6 cm³/mol. The molecule has 0 amide bonds. The van der Waals surface area contributed by atoms with Gasteiger partial charge in [0.2, 0.25) is 0 Å². The largest absolute Gasteiger partial charge is 0.344 e. The fraction of sp³-hybridized carbons (Fsp3) is 0.0625. The number of para-hydroxylation sites is 1. The molecule has 0 atom stereocenters. The number of allylic oxidation sites excluding steroid dienone is 2. The average Bonchev–Trinajstić information content (AvgIpc) is 2.45. The minimum atomic E-state index is 0.939. The minimum absolute atomic E-state index is 0.939. The van der Waals surface area contributed by atoms with Crippen LogP contribution in [0, 0.1) is 0 Å². The second-order valence-corrected chi connectivity index (χ2v) is 4.56. The number of pyridine rings is 1. The molecule has 0 radical (unpaired) electrons. The molecule has 2 aliphatic rings. The highest BCUT2D eigenvalue weighted by Gasteiger charge is 2.18. The molecule has 0 bridgehead atoms. The smallest absolute Gasteiger partial charge is 0.0745 e. The predicted octanol–water partition coefficient (Wildman–Crippen LogP) is 3.43. The Kier molecular flexibility index (Phi) is 1.92. The van der Waals surface area contributed by atoms with E-state index in [4.69, 9.17) is 4.98 Å². The molecule has 86 valence electrons. The van der Waals surface area contributed by atoms with Gasteiger partial charge in [-0.3, -0.25) is 0 Å². The number of hydrogen-bond acceptors (Lipinski definition) is 2. The monoisotopic (exact) mass is 232 g/mol.